The van der Waals surface area contributed by atoms with Gasteiger partial charge in [-0.1, -0.05) is 0 Å². The molecule has 0 aliphatic heterocycles. The van der Waals surface area contributed by atoms with Gasteiger partial charge in [-0.2, -0.15) is 0 Å². The maximum Gasteiger partial charge on any atom is 0.408 e. The molecule has 0 fully saturated rings. The van der Waals surface area contributed by atoms with Crippen molar-refractivity contribution in [3.05, 3.63) is 0 Å². The van der Waals surface area contributed by atoms with Crippen LogP contribution in [0.3, 0.4) is 0 Å². The summed E-state index contributed by atoms with van der Waals surface area (Å²) in [6, 6.07) is -1.18. The zero-order valence-electron chi connectivity index (χ0n) is 10.8. The van der Waals surface area contributed by atoms with Crippen LogP contribution in [0.25, 0.3) is 0 Å². The van der Waals surface area contributed by atoms with Crippen LogP contribution in [0, 0.1) is 0 Å². The first-order chi connectivity index (χ1) is 7.66. The molecule has 2 N–H and O–H groups in total. The third-order valence-corrected chi connectivity index (χ3v) is 2.28. The third kappa shape index (κ3) is 3.86. The fourth-order valence-electron chi connectivity index (χ4n) is 1.46. The zero-order valence-corrected chi connectivity index (χ0v) is 10.8. The second kappa shape index (κ2) is 5.83. The van der Waals surface area contributed by atoms with Crippen molar-refractivity contribution in [3.63, 3.8) is 0 Å². The number of carboxylic acid groups (broad SMARTS) is 1. The fraction of sp³-hybridized carbons (Fsp3) is 0.800. The van der Waals surface area contributed by atoms with Gasteiger partial charge in [-0.3, -0.25) is 14.5 Å². The monoisotopic (exact) mass is 248 g/mol. The van der Waals surface area contributed by atoms with Crippen LogP contribution in [0.1, 0.15) is 20.8 Å². The number of hydrogen-bond donors (Lipinski definition) is 2. The molecule has 0 bridgehead atoms. The molecular weight excluding hydrogens is 228 g/mol. The molecule has 17 heavy (non-hydrogen) atoms. The Morgan fingerprint density at radius 2 is 1.82 bits per heavy atom. The molecule has 0 radical (unpaired) electrons. The summed E-state index contributed by atoms with van der Waals surface area (Å²) in [6.45, 7) is 4.33. The van der Waals surface area contributed by atoms with Crippen LogP contribution < -0.4 is 0 Å². The molecule has 0 unspecified atom stereocenters. The van der Waals surface area contributed by atoms with E-state index < -0.39 is 30.2 Å². The van der Waals surface area contributed by atoms with Gasteiger partial charge >= 0.3 is 6.09 Å². The Balaban J connectivity index is 5.19. The van der Waals surface area contributed by atoms with Crippen molar-refractivity contribution in [1.29, 1.82) is 0 Å². The van der Waals surface area contributed by atoms with Crippen molar-refractivity contribution in [3.8, 4) is 0 Å². The predicted octanol–water partition coefficient (Wildman–Crippen LogP) is 0.146. The van der Waals surface area contributed by atoms with Gasteiger partial charge in [0.1, 0.15) is 6.04 Å². The molecular formula is C10H20N2O5. The van der Waals surface area contributed by atoms with Gasteiger partial charge in [0.2, 0.25) is 0 Å². The van der Waals surface area contributed by atoms with Gasteiger partial charge in [0.05, 0.1) is 13.7 Å². The van der Waals surface area contributed by atoms with Gasteiger partial charge in [-0.05, 0) is 20.8 Å². The SMILES string of the molecule is CON(C)C(=O)[C@H](CO)N(C(=O)O)C(C)(C)C. The Labute approximate surface area is 101 Å². The molecule has 100 valence electrons. The second-order valence-electron chi connectivity index (χ2n) is 4.54. The first-order valence-corrected chi connectivity index (χ1v) is 5.11. The lowest BCUT2D eigenvalue weighted by Gasteiger charge is -2.38. The molecule has 0 spiro atoms. The van der Waals surface area contributed by atoms with Gasteiger partial charge in [-0.25, -0.2) is 9.86 Å². The van der Waals surface area contributed by atoms with Crippen molar-refractivity contribution >= 4 is 12.0 Å². The summed E-state index contributed by atoms with van der Waals surface area (Å²) in [5, 5.41) is 19.2. The Kier molecular flexibility index (Phi) is 5.37. The van der Waals surface area contributed by atoms with E-state index in [9.17, 15) is 14.7 Å². The van der Waals surface area contributed by atoms with Crippen molar-refractivity contribution < 1.29 is 24.6 Å². The molecule has 0 aliphatic rings. The molecule has 0 saturated heterocycles. The maximum atomic E-state index is 11.8. The molecule has 0 rings (SSSR count). The lowest BCUT2D eigenvalue weighted by molar-refractivity contribution is -0.177. The van der Waals surface area contributed by atoms with Gasteiger partial charge in [0.15, 0.2) is 0 Å². The highest BCUT2D eigenvalue weighted by atomic mass is 16.7. The van der Waals surface area contributed by atoms with E-state index in [1.807, 2.05) is 0 Å². The predicted molar refractivity (Wildman–Crippen MR) is 60.3 cm³/mol. The molecule has 2 amide bonds. The van der Waals surface area contributed by atoms with Crippen LogP contribution >= 0.6 is 0 Å². The minimum atomic E-state index is -1.27. The van der Waals surface area contributed by atoms with E-state index in [-0.39, 0.29) is 0 Å². The summed E-state index contributed by atoms with van der Waals surface area (Å²) in [5.41, 5.74) is -0.802. The van der Waals surface area contributed by atoms with Crippen molar-refractivity contribution in [2.24, 2.45) is 0 Å². The number of hydroxylamine groups is 2. The highest BCUT2D eigenvalue weighted by molar-refractivity contribution is 5.85. The van der Waals surface area contributed by atoms with Crippen LogP contribution in [0.2, 0.25) is 0 Å². The summed E-state index contributed by atoms with van der Waals surface area (Å²) >= 11 is 0. The molecule has 0 aromatic heterocycles. The molecule has 0 aromatic carbocycles. The molecule has 0 heterocycles. The average Bonchev–Trinajstić information content (AvgIpc) is 2.20. The van der Waals surface area contributed by atoms with Crippen molar-refractivity contribution in [2.75, 3.05) is 20.8 Å². The summed E-state index contributed by atoms with van der Waals surface area (Å²) in [5.74, 6) is -0.618. The zero-order chi connectivity index (χ0) is 13.8. The quantitative estimate of drug-likeness (QED) is 0.691. The highest BCUT2D eigenvalue weighted by Crippen LogP contribution is 2.18. The van der Waals surface area contributed by atoms with Crippen LogP contribution in [0.5, 0.6) is 0 Å². The number of likely N-dealkylation sites (N-methyl/N-ethyl adjacent to an activating group) is 1. The first kappa shape index (κ1) is 15.7. The van der Waals surface area contributed by atoms with Crippen molar-refractivity contribution in [1.82, 2.24) is 9.96 Å². The number of carbonyl (C=O) groups is 2. The summed E-state index contributed by atoms with van der Waals surface area (Å²) in [7, 11) is 2.64. The van der Waals surface area contributed by atoms with E-state index in [4.69, 9.17) is 9.94 Å². The topological polar surface area (TPSA) is 90.3 Å². The molecule has 7 nitrogen and oxygen atoms in total. The number of carbonyl (C=O) groups excluding carboxylic acids is 1. The Bertz CT molecular complexity index is 287. The number of aliphatic hydroxyl groups is 1. The number of hydrogen-bond acceptors (Lipinski definition) is 4. The van der Waals surface area contributed by atoms with E-state index in [0.717, 1.165) is 9.96 Å². The molecule has 1 atom stereocenters. The number of aliphatic hydroxyl groups excluding tert-OH is 1. The van der Waals surface area contributed by atoms with E-state index >= 15 is 0 Å². The number of rotatable bonds is 4. The van der Waals surface area contributed by atoms with Crippen LogP contribution in [-0.2, 0) is 9.63 Å². The van der Waals surface area contributed by atoms with E-state index in [1.165, 1.54) is 14.2 Å². The molecule has 0 saturated carbocycles. The smallest absolute Gasteiger partial charge is 0.408 e. The Hall–Kier alpha value is -1.34. The van der Waals surface area contributed by atoms with Crippen LogP contribution in [0.15, 0.2) is 0 Å². The summed E-state index contributed by atoms with van der Waals surface area (Å²) in [4.78, 5) is 28.6. The lowest BCUT2D eigenvalue weighted by atomic mass is 10.0. The van der Waals surface area contributed by atoms with E-state index in [1.54, 1.807) is 20.8 Å². The van der Waals surface area contributed by atoms with Crippen molar-refractivity contribution in [2.45, 2.75) is 32.4 Å². The average molecular weight is 248 g/mol. The maximum absolute atomic E-state index is 11.8. The van der Waals surface area contributed by atoms with Gasteiger partial charge in [-0.15, -0.1) is 0 Å². The van der Waals surface area contributed by atoms with Crippen LogP contribution in [-0.4, -0.2) is 64.5 Å². The largest absolute Gasteiger partial charge is 0.465 e. The van der Waals surface area contributed by atoms with E-state index in [2.05, 4.69) is 0 Å². The second-order valence-corrected chi connectivity index (χ2v) is 4.54. The molecule has 0 aliphatic carbocycles. The summed E-state index contributed by atoms with van der Waals surface area (Å²) in [6.07, 6.45) is -1.27. The van der Waals surface area contributed by atoms with Gasteiger partial charge < -0.3 is 10.2 Å². The normalized spacial score (nSPS) is 13.1. The standard InChI is InChI=1S/C10H20N2O5/c1-10(2,3)12(9(15)16)7(6-13)8(14)11(4)17-5/h7,13H,6H2,1-5H3,(H,15,16)/t7-/m0/s1. The Morgan fingerprint density at radius 1 is 1.35 bits per heavy atom. The minimum Gasteiger partial charge on any atom is -0.465 e. The minimum absolute atomic E-state index is 0.601. The summed E-state index contributed by atoms with van der Waals surface area (Å²) < 4.78 is 0. The van der Waals surface area contributed by atoms with Crippen LogP contribution in [0.4, 0.5) is 4.79 Å². The molecule has 7 heteroatoms. The lowest BCUT2D eigenvalue weighted by Crippen LogP contribution is -2.58. The number of nitrogens with zero attached hydrogens (tertiary/aromatic N) is 2. The highest BCUT2D eigenvalue weighted by Gasteiger charge is 2.38. The fourth-order valence-corrected chi connectivity index (χ4v) is 1.46. The van der Waals surface area contributed by atoms with Gasteiger partial charge in [0.25, 0.3) is 5.91 Å². The third-order valence-electron chi connectivity index (χ3n) is 2.28. The van der Waals surface area contributed by atoms with Gasteiger partial charge in [0, 0.05) is 12.6 Å². The number of amides is 2. The van der Waals surface area contributed by atoms with E-state index in [0.29, 0.717) is 0 Å². The Morgan fingerprint density at radius 3 is 2.06 bits per heavy atom. The molecule has 0 aromatic rings. The first-order valence-electron chi connectivity index (χ1n) is 5.11.